The van der Waals surface area contributed by atoms with E-state index in [1.807, 2.05) is 0 Å². The summed E-state index contributed by atoms with van der Waals surface area (Å²) < 4.78 is 2.49. The van der Waals surface area contributed by atoms with Crippen molar-refractivity contribution in [1.29, 1.82) is 0 Å². The lowest BCUT2D eigenvalue weighted by Crippen LogP contribution is -2.21. The second-order valence-electron chi connectivity index (χ2n) is 3.42. The van der Waals surface area contributed by atoms with Crippen molar-refractivity contribution in [1.82, 2.24) is 0 Å². The minimum absolute atomic E-state index is 0.0964. The van der Waals surface area contributed by atoms with Crippen LogP contribution in [0.4, 0.5) is 11.4 Å². The number of para-hydroxylation sites is 2. The molecule has 0 unspecified atom stereocenters. The average molecular weight is 229 g/mol. The van der Waals surface area contributed by atoms with Crippen molar-refractivity contribution in [3.8, 4) is 0 Å². The van der Waals surface area contributed by atoms with Gasteiger partial charge in [-0.05, 0) is 24.3 Å². The Labute approximate surface area is 95.9 Å². The Hall–Kier alpha value is -1.33. The van der Waals surface area contributed by atoms with Crippen LogP contribution >= 0.6 is 0 Å². The van der Waals surface area contributed by atoms with E-state index < -0.39 is 0 Å². The monoisotopic (exact) mass is 229 g/mol. The van der Waals surface area contributed by atoms with Gasteiger partial charge in [0.25, 0.3) is 0 Å². The highest BCUT2D eigenvalue weighted by Gasteiger charge is 2.04. The van der Waals surface area contributed by atoms with E-state index in [-0.39, 0.29) is 9.20 Å². The summed E-state index contributed by atoms with van der Waals surface area (Å²) in [5.41, 5.74) is 2.68. The molecule has 0 bridgehead atoms. The maximum atomic E-state index is 2.49. The molecule has 15 heavy (non-hydrogen) atoms. The van der Waals surface area contributed by atoms with Gasteiger partial charge in [0, 0.05) is 21.1 Å². The molecular formula is C12H15NSi2. The first-order chi connectivity index (χ1) is 7.42. The predicted octanol–water partition coefficient (Wildman–Crippen LogP) is 1.19. The predicted molar refractivity (Wildman–Crippen MR) is 73.5 cm³/mol. The summed E-state index contributed by atoms with van der Waals surface area (Å²) in [6, 6.07) is 21.3. The van der Waals surface area contributed by atoms with Gasteiger partial charge in [-0.2, -0.15) is 0 Å². The van der Waals surface area contributed by atoms with Crippen molar-refractivity contribution in [3.05, 3.63) is 60.7 Å². The van der Waals surface area contributed by atoms with Crippen molar-refractivity contribution in [2.24, 2.45) is 0 Å². The molecule has 1 nitrogen and oxygen atoms in total. The molecule has 2 rings (SSSR count). The fraction of sp³-hybridized carbons (Fsp3) is 0. The first kappa shape index (κ1) is 10.2. The Morgan fingerprint density at radius 3 is 1.47 bits per heavy atom. The van der Waals surface area contributed by atoms with Gasteiger partial charge in [-0.1, -0.05) is 36.4 Å². The van der Waals surface area contributed by atoms with Crippen LogP contribution in [0.2, 0.25) is 0 Å². The van der Waals surface area contributed by atoms with Crippen molar-refractivity contribution in [3.63, 3.8) is 0 Å². The lowest BCUT2D eigenvalue weighted by Gasteiger charge is -2.23. The maximum Gasteiger partial charge on any atom is 0.109 e. The quantitative estimate of drug-likeness (QED) is 0.715. The van der Waals surface area contributed by atoms with Gasteiger partial charge in [-0.15, -0.1) is 0 Å². The molecule has 0 heterocycles. The van der Waals surface area contributed by atoms with Crippen LogP contribution in [0, 0.1) is 0 Å². The number of nitrogens with zero attached hydrogens (tertiary/aromatic N) is 1. The lowest BCUT2D eigenvalue weighted by atomic mass is 10.3. The molecule has 0 atom stereocenters. The molecule has 0 aromatic heterocycles. The smallest absolute Gasteiger partial charge is 0.109 e. The molecule has 0 aliphatic heterocycles. The molecule has 0 saturated heterocycles. The van der Waals surface area contributed by atoms with Crippen LogP contribution < -0.4 is 4.57 Å². The summed E-state index contributed by atoms with van der Waals surface area (Å²) >= 11 is 0. The van der Waals surface area contributed by atoms with E-state index >= 15 is 0 Å². The van der Waals surface area contributed by atoms with Crippen LogP contribution in [0.5, 0.6) is 0 Å². The molecule has 0 amide bonds. The fourth-order valence-corrected chi connectivity index (χ4v) is 5.07. The summed E-state index contributed by atoms with van der Waals surface area (Å²) in [6.07, 6.45) is 0. The van der Waals surface area contributed by atoms with Crippen molar-refractivity contribution < 1.29 is 0 Å². The molecule has 0 spiro atoms. The summed E-state index contributed by atoms with van der Waals surface area (Å²) in [4.78, 5) is 0. The average Bonchev–Trinajstić information content (AvgIpc) is 2.33. The molecule has 0 fully saturated rings. The lowest BCUT2D eigenvalue weighted by molar-refractivity contribution is 1.41. The molecule has 0 aliphatic rings. The van der Waals surface area contributed by atoms with Crippen LogP contribution in [0.15, 0.2) is 60.7 Å². The van der Waals surface area contributed by atoms with Gasteiger partial charge >= 0.3 is 0 Å². The molecule has 0 aliphatic carbocycles. The first-order valence-electron chi connectivity index (χ1n) is 5.29. The third kappa shape index (κ3) is 2.37. The van der Waals surface area contributed by atoms with Crippen LogP contribution in [0.25, 0.3) is 0 Å². The van der Waals surface area contributed by atoms with Gasteiger partial charge in [-0.25, -0.2) is 0 Å². The Morgan fingerprint density at radius 1 is 0.733 bits per heavy atom. The SMILES string of the molecule is [SiH3][SiH2]N(c1ccccc1)c1ccccc1. The summed E-state index contributed by atoms with van der Waals surface area (Å²) in [5.74, 6) is 0. The minimum Gasteiger partial charge on any atom is -0.378 e. The standard InChI is InChI=1S/C12H15NSi2/c14-15-13(11-7-3-1-4-8-11)12-9-5-2-6-10-12/h1-10H,15H2,14H3. The van der Waals surface area contributed by atoms with Gasteiger partial charge in [0.15, 0.2) is 0 Å². The van der Waals surface area contributed by atoms with E-state index in [1.54, 1.807) is 0 Å². The molecule has 2 aromatic rings. The summed E-state index contributed by atoms with van der Waals surface area (Å²) in [6.45, 7) is 0. The van der Waals surface area contributed by atoms with Gasteiger partial charge in [0.05, 0.1) is 0 Å². The molecule has 0 saturated carbocycles. The molecule has 0 radical (unpaired) electrons. The van der Waals surface area contributed by atoms with E-state index in [4.69, 9.17) is 0 Å². The highest BCUT2D eigenvalue weighted by atomic mass is 29.1. The van der Waals surface area contributed by atoms with Crippen molar-refractivity contribution in [2.45, 2.75) is 0 Å². The highest BCUT2D eigenvalue weighted by molar-refractivity contribution is 6.92. The molecule has 76 valence electrons. The normalized spacial score (nSPS) is 10.9. The van der Waals surface area contributed by atoms with Crippen LogP contribution in [0.3, 0.4) is 0 Å². The van der Waals surface area contributed by atoms with Gasteiger partial charge in [-0.3, -0.25) is 0 Å². The van der Waals surface area contributed by atoms with Crippen molar-refractivity contribution >= 4 is 30.3 Å². The highest BCUT2D eigenvalue weighted by Crippen LogP contribution is 2.22. The molecule has 2 aromatic carbocycles. The zero-order valence-corrected chi connectivity index (χ0v) is 12.3. The zero-order valence-electron chi connectivity index (χ0n) is 8.93. The summed E-state index contributed by atoms with van der Waals surface area (Å²) in [7, 11) is 1.21. The second kappa shape index (κ2) is 4.95. The topological polar surface area (TPSA) is 3.24 Å². The van der Waals surface area contributed by atoms with Crippen LogP contribution in [-0.2, 0) is 0 Å². The van der Waals surface area contributed by atoms with E-state index in [9.17, 15) is 0 Å². The Kier molecular flexibility index (Phi) is 3.37. The number of rotatable bonds is 3. The van der Waals surface area contributed by atoms with Gasteiger partial charge < -0.3 is 4.57 Å². The van der Waals surface area contributed by atoms with Gasteiger partial charge in [0.1, 0.15) is 9.20 Å². The molecular weight excluding hydrogens is 214 g/mol. The molecule has 3 heteroatoms. The Morgan fingerprint density at radius 2 is 1.13 bits per heavy atom. The van der Waals surface area contributed by atoms with E-state index in [1.165, 1.54) is 21.1 Å². The maximum absolute atomic E-state index is 2.49. The number of hydrogen-bond donors (Lipinski definition) is 0. The number of hydrogen-bond acceptors (Lipinski definition) is 1. The first-order valence-corrected chi connectivity index (χ1v) is 11.6. The second-order valence-corrected chi connectivity index (χ2v) is 6.58. The van der Waals surface area contributed by atoms with Crippen molar-refractivity contribution in [2.75, 3.05) is 4.57 Å². The Bertz CT molecular complexity index is 363. The Balaban J connectivity index is 2.34. The van der Waals surface area contributed by atoms with E-state index in [2.05, 4.69) is 65.2 Å². The number of benzene rings is 2. The third-order valence-electron chi connectivity index (χ3n) is 2.45. The summed E-state index contributed by atoms with van der Waals surface area (Å²) in [5, 5.41) is 0. The minimum atomic E-state index is -0.0964. The van der Waals surface area contributed by atoms with E-state index in [0.717, 1.165) is 0 Å². The van der Waals surface area contributed by atoms with E-state index in [0.29, 0.717) is 0 Å². The third-order valence-corrected chi connectivity index (χ3v) is 5.71. The van der Waals surface area contributed by atoms with Gasteiger partial charge in [0.2, 0.25) is 0 Å². The molecule has 0 N–H and O–H groups in total. The zero-order chi connectivity index (χ0) is 10.5. The number of anilines is 2. The largest absolute Gasteiger partial charge is 0.378 e. The van der Waals surface area contributed by atoms with Crippen LogP contribution in [-0.4, -0.2) is 19.0 Å². The fourth-order valence-electron chi connectivity index (χ4n) is 1.73. The van der Waals surface area contributed by atoms with Crippen LogP contribution in [0.1, 0.15) is 0 Å².